The number of piperidine rings is 1. The molecule has 40 heavy (non-hydrogen) atoms. The lowest BCUT2D eigenvalue weighted by Gasteiger charge is -2.34. The van der Waals surface area contributed by atoms with Crippen LogP contribution in [0.2, 0.25) is 0 Å². The van der Waals surface area contributed by atoms with E-state index in [2.05, 4.69) is 17.2 Å². The first kappa shape index (κ1) is 28.4. The van der Waals surface area contributed by atoms with Gasteiger partial charge < -0.3 is 15.0 Å². The second-order valence-corrected chi connectivity index (χ2v) is 10.7. The molecule has 1 aliphatic heterocycles. The van der Waals surface area contributed by atoms with E-state index in [4.69, 9.17) is 15.0 Å². The van der Waals surface area contributed by atoms with Gasteiger partial charge in [-0.3, -0.25) is 18.5 Å². The van der Waals surface area contributed by atoms with Crippen LogP contribution in [0.25, 0.3) is 11.2 Å². The second-order valence-electron chi connectivity index (χ2n) is 10.7. The van der Waals surface area contributed by atoms with Crippen molar-refractivity contribution in [3.05, 3.63) is 56.0 Å². The molecular formula is C28H32FN7O4. The highest BCUT2D eigenvalue weighted by atomic mass is 19.1. The number of nitrogens with one attached hydrogen (secondary N) is 1. The molecular weight excluding hydrogens is 517 g/mol. The summed E-state index contributed by atoms with van der Waals surface area (Å²) < 4.78 is 23.6. The summed E-state index contributed by atoms with van der Waals surface area (Å²) in [5, 5.41) is 11.9. The lowest BCUT2D eigenvalue weighted by Crippen LogP contribution is -2.49. The van der Waals surface area contributed by atoms with E-state index < -0.39 is 28.8 Å². The van der Waals surface area contributed by atoms with Crippen LogP contribution in [0.3, 0.4) is 0 Å². The minimum Gasteiger partial charge on any atom is -0.444 e. The first-order chi connectivity index (χ1) is 18.9. The fourth-order valence-corrected chi connectivity index (χ4v) is 4.73. The molecule has 1 aliphatic rings. The number of anilines is 1. The molecule has 1 saturated heterocycles. The van der Waals surface area contributed by atoms with Crippen molar-refractivity contribution < 1.29 is 13.9 Å². The topological polar surface area (TPSA) is 127 Å². The van der Waals surface area contributed by atoms with Crippen molar-refractivity contribution in [3.8, 4) is 17.9 Å². The molecule has 0 aliphatic carbocycles. The number of carbonyl (C=O) groups is 1. The minimum absolute atomic E-state index is 0.124. The number of nitriles is 1. The van der Waals surface area contributed by atoms with Crippen LogP contribution in [0.5, 0.6) is 0 Å². The molecule has 1 amide bonds. The molecule has 3 aromatic rings. The van der Waals surface area contributed by atoms with Crippen LogP contribution < -0.4 is 21.5 Å². The molecule has 0 unspecified atom stereocenters. The van der Waals surface area contributed by atoms with Crippen molar-refractivity contribution >= 4 is 23.2 Å². The molecule has 1 fully saturated rings. The number of benzene rings is 1. The Morgan fingerprint density at radius 2 is 2.02 bits per heavy atom. The third kappa shape index (κ3) is 5.86. The van der Waals surface area contributed by atoms with Gasteiger partial charge in [0.05, 0.1) is 18.7 Å². The second kappa shape index (κ2) is 11.3. The Kier molecular flexibility index (Phi) is 8.01. The number of rotatable bonds is 5. The smallest absolute Gasteiger partial charge is 0.407 e. The Labute approximate surface area is 230 Å². The van der Waals surface area contributed by atoms with E-state index >= 15 is 0 Å². The van der Waals surface area contributed by atoms with Crippen LogP contribution in [0.4, 0.5) is 15.1 Å². The normalized spacial score (nSPS) is 15.3. The van der Waals surface area contributed by atoms with Crippen LogP contribution in [-0.2, 0) is 24.9 Å². The third-order valence-corrected chi connectivity index (χ3v) is 6.55. The summed E-state index contributed by atoms with van der Waals surface area (Å²) in [7, 11) is 1.52. The van der Waals surface area contributed by atoms with E-state index in [0.29, 0.717) is 24.6 Å². The Hall–Kier alpha value is -4.58. The zero-order chi connectivity index (χ0) is 29.2. The van der Waals surface area contributed by atoms with Crippen LogP contribution in [-0.4, -0.2) is 49.5 Å². The summed E-state index contributed by atoms with van der Waals surface area (Å²) >= 11 is 0. The lowest BCUT2D eigenvalue weighted by molar-refractivity contribution is 0.0499. The van der Waals surface area contributed by atoms with E-state index in [9.17, 15) is 18.8 Å². The molecule has 210 valence electrons. The average molecular weight is 550 g/mol. The maximum atomic E-state index is 14.2. The quantitative estimate of drug-likeness (QED) is 0.485. The van der Waals surface area contributed by atoms with E-state index in [1.165, 1.54) is 23.7 Å². The van der Waals surface area contributed by atoms with E-state index in [-0.39, 0.29) is 35.9 Å². The summed E-state index contributed by atoms with van der Waals surface area (Å²) in [4.78, 5) is 46.0. The zero-order valence-corrected chi connectivity index (χ0v) is 23.2. The number of imidazole rings is 1. The fraction of sp³-hybridized carbons (Fsp3) is 0.464. The number of hydrogen-bond donors (Lipinski definition) is 1. The van der Waals surface area contributed by atoms with Gasteiger partial charge in [0.1, 0.15) is 17.5 Å². The monoisotopic (exact) mass is 549 g/mol. The zero-order valence-electron chi connectivity index (χ0n) is 23.2. The molecule has 0 spiro atoms. The molecule has 12 heteroatoms. The maximum Gasteiger partial charge on any atom is 0.407 e. The van der Waals surface area contributed by atoms with Gasteiger partial charge in [0.15, 0.2) is 11.2 Å². The fourth-order valence-electron chi connectivity index (χ4n) is 4.73. The summed E-state index contributed by atoms with van der Waals surface area (Å²) in [6, 6.07) is 5.52. The predicted octanol–water partition coefficient (Wildman–Crippen LogP) is 2.47. The summed E-state index contributed by atoms with van der Waals surface area (Å²) in [6.07, 6.45) is 1.00. The maximum absolute atomic E-state index is 14.2. The Morgan fingerprint density at radius 3 is 2.67 bits per heavy atom. The molecule has 0 radical (unpaired) electrons. The number of amides is 1. The largest absolute Gasteiger partial charge is 0.444 e. The van der Waals surface area contributed by atoms with Crippen molar-refractivity contribution in [2.75, 3.05) is 18.0 Å². The number of alkyl carbamates (subject to hydrolysis) is 1. The van der Waals surface area contributed by atoms with Gasteiger partial charge in [-0.2, -0.15) is 10.2 Å². The molecule has 1 atom stereocenters. The molecule has 11 nitrogen and oxygen atoms in total. The van der Waals surface area contributed by atoms with Crippen molar-refractivity contribution in [1.29, 1.82) is 5.26 Å². The van der Waals surface area contributed by atoms with E-state index in [1.54, 1.807) is 38.3 Å². The van der Waals surface area contributed by atoms with Gasteiger partial charge in [-0.15, -0.1) is 5.92 Å². The van der Waals surface area contributed by atoms with Gasteiger partial charge >= 0.3 is 11.8 Å². The van der Waals surface area contributed by atoms with Crippen molar-refractivity contribution in [3.63, 3.8) is 0 Å². The number of fused-ring (bicyclic) bond motifs is 1. The number of ether oxygens (including phenoxy) is 1. The standard InChI is InChI=1S/C28H32FN7O4/c1-6-7-13-35-22-23(32-25(35)34-12-8-9-20(17-34)31-26(38)40-28(2,3)4)33(5)27(39)36(24(22)37)16-18-10-11-19(15-30)21(29)14-18/h10-11,14,20H,8-9,12-13,16-17H2,1-5H3,(H,31,38)/t20-/m1/s1. The molecule has 0 saturated carbocycles. The molecule has 4 rings (SSSR count). The molecule has 2 aromatic heterocycles. The summed E-state index contributed by atoms with van der Waals surface area (Å²) in [5.74, 6) is 5.56. The van der Waals surface area contributed by atoms with Crippen LogP contribution in [0, 0.1) is 29.0 Å². The lowest BCUT2D eigenvalue weighted by atomic mass is 10.1. The average Bonchev–Trinajstić information content (AvgIpc) is 3.27. The first-order valence-corrected chi connectivity index (χ1v) is 13.0. The number of aromatic nitrogens is 4. The van der Waals surface area contributed by atoms with Gasteiger partial charge in [0, 0.05) is 26.2 Å². The molecule has 1 aromatic carbocycles. The van der Waals surface area contributed by atoms with Gasteiger partial charge in [0.2, 0.25) is 5.95 Å². The highest BCUT2D eigenvalue weighted by Gasteiger charge is 2.29. The molecule has 3 heterocycles. The van der Waals surface area contributed by atoms with E-state index in [1.807, 2.05) is 4.90 Å². The van der Waals surface area contributed by atoms with Crippen molar-refractivity contribution in [2.45, 2.75) is 65.3 Å². The summed E-state index contributed by atoms with van der Waals surface area (Å²) in [5.41, 5.74) is -1.19. The Morgan fingerprint density at radius 1 is 1.27 bits per heavy atom. The number of carbonyl (C=O) groups excluding carboxylic acids is 1. The number of hydrogen-bond acceptors (Lipinski definition) is 7. The highest BCUT2D eigenvalue weighted by molar-refractivity contribution is 5.75. The number of aryl methyl sites for hydroxylation is 1. The van der Waals surface area contributed by atoms with Gasteiger partial charge in [-0.05, 0) is 58.2 Å². The first-order valence-electron chi connectivity index (χ1n) is 13.0. The molecule has 1 N–H and O–H groups in total. The van der Waals surface area contributed by atoms with Gasteiger partial charge in [-0.1, -0.05) is 12.0 Å². The minimum atomic E-state index is -0.726. The van der Waals surface area contributed by atoms with Crippen LogP contribution in [0.15, 0.2) is 27.8 Å². The van der Waals surface area contributed by atoms with Crippen molar-refractivity contribution in [2.24, 2.45) is 7.05 Å². The van der Waals surface area contributed by atoms with Gasteiger partial charge in [0.25, 0.3) is 5.56 Å². The van der Waals surface area contributed by atoms with Crippen LogP contribution in [0.1, 0.15) is 51.7 Å². The summed E-state index contributed by atoms with van der Waals surface area (Å²) in [6.45, 7) is 8.10. The third-order valence-electron chi connectivity index (χ3n) is 6.55. The Bertz CT molecular complexity index is 1680. The van der Waals surface area contributed by atoms with Crippen LogP contribution >= 0.6 is 0 Å². The van der Waals surface area contributed by atoms with Gasteiger partial charge in [-0.25, -0.2) is 14.0 Å². The Balaban J connectivity index is 1.76. The van der Waals surface area contributed by atoms with E-state index in [0.717, 1.165) is 23.5 Å². The number of halogens is 1. The highest BCUT2D eigenvalue weighted by Crippen LogP contribution is 2.24. The molecule has 0 bridgehead atoms. The predicted molar refractivity (Wildman–Crippen MR) is 148 cm³/mol. The number of nitrogens with zero attached hydrogens (tertiary/aromatic N) is 6. The SMILES string of the molecule is CC#CCn1c(N2CCC[C@@H](NC(=O)OC(C)(C)C)C2)nc2c1c(=O)n(Cc1ccc(C#N)c(F)c1)c(=O)n2C. The van der Waals surface area contributed by atoms with Crippen molar-refractivity contribution in [1.82, 2.24) is 24.0 Å².